The Bertz CT molecular complexity index is 359. The maximum atomic E-state index is 5.94. The third kappa shape index (κ3) is 3.71. The molecular formula is C14H19BrO2. The molecule has 0 radical (unpaired) electrons. The lowest BCUT2D eigenvalue weighted by Crippen LogP contribution is -2.21. The van der Waals surface area contributed by atoms with Gasteiger partial charge < -0.3 is 9.47 Å². The predicted molar refractivity (Wildman–Crippen MR) is 72.8 cm³/mol. The Balaban J connectivity index is 1.93. The van der Waals surface area contributed by atoms with Gasteiger partial charge in [0.05, 0.1) is 6.61 Å². The predicted octanol–water partition coefficient (Wildman–Crippen LogP) is 3.70. The Morgan fingerprint density at radius 3 is 2.82 bits per heavy atom. The van der Waals surface area contributed by atoms with Gasteiger partial charge >= 0.3 is 0 Å². The molecule has 0 bridgehead atoms. The van der Waals surface area contributed by atoms with Gasteiger partial charge in [0.15, 0.2) is 0 Å². The normalized spacial score (nSPS) is 17.1. The van der Waals surface area contributed by atoms with Gasteiger partial charge in [0.1, 0.15) is 5.75 Å². The molecule has 0 spiro atoms. The van der Waals surface area contributed by atoms with Gasteiger partial charge in [-0.25, -0.2) is 0 Å². The van der Waals surface area contributed by atoms with Crippen molar-refractivity contribution in [2.75, 3.05) is 19.8 Å². The first-order chi connectivity index (χ1) is 8.29. The molecule has 94 valence electrons. The van der Waals surface area contributed by atoms with Crippen molar-refractivity contribution in [1.82, 2.24) is 0 Å². The van der Waals surface area contributed by atoms with Crippen molar-refractivity contribution in [2.24, 2.45) is 5.92 Å². The van der Waals surface area contributed by atoms with Crippen molar-refractivity contribution in [3.8, 4) is 5.75 Å². The molecular weight excluding hydrogens is 280 g/mol. The fourth-order valence-electron chi connectivity index (χ4n) is 2.07. The van der Waals surface area contributed by atoms with Gasteiger partial charge in [-0.05, 0) is 31.7 Å². The lowest BCUT2D eigenvalue weighted by Gasteiger charge is -2.22. The molecule has 17 heavy (non-hydrogen) atoms. The highest BCUT2D eigenvalue weighted by Crippen LogP contribution is 2.24. The molecule has 0 saturated carbocycles. The fourth-order valence-corrected chi connectivity index (χ4v) is 2.51. The molecule has 2 nitrogen and oxygen atoms in total. The van der Waals surface area contributed by atoms with Gasteiger partial charge in [0, 0.05) is 24.1 Å². The van der Waals surface area contributed by atoms with Crippen LogP contribution in [0.2, 0.25) is 0 Å². The van der Waals surface area contributed by atoms with Crippen molar-refractivity contribution in [3.05, 3.63) is 29.3 Å². The highest BCUT2D eigenvalue weighted by Gasteiger charge is 2.15. The minimum absolute atomic E-state index is 0.647. The van der Waals surface area contributed by atoms with Crippen LogP contribution >= 0.6 is 15.9 Å². The summed E-state index contributed by atoms with van der Waals surface area (Å²) in [4.78, 5) is 0. The second-order valence-corrected chi connectivity index (χ2v) is 5.17. The zero-order chi connectivity index (χ0) is 12.1. The number of rotatable bonds is 4. The van der Waals surface area contributed by atoms with E-state index in [-0.39, 0.29) is 0 Å². The number of aryl methyl sites for hydroxylation is 1. The smallest absolute Gasteiger partial charge is 0.123 e. The van der Waals surface area contributed by atoms with Gasteiger partial charge in [-0.15, -0.1) is 0 Å². The number of hydrogen-bond acceptors (Lipinski definition) is 2. The first-order valence-electron chi connectivity index (χ1n) is 6.15. The van der Waals surface area contributed by atoms with Crippen LogP contribution in [0.5, 0.6) is 5.75 Å². The van der Waals surface area contributed by atoms with Gasteiger partial charge in [0.2, 0.25) is 0 Å². The van der Waals surface area contributed by atoms with E-state index in [9.17, 15) is 0 Å². The van der Waals surface area contributed by atoms with Crippen LogP contribution < -0.4 is 4.74 Å². The highest BCUT2D eigenvalue weighted by atomic mass is 79.9. The van der Waals surface area contributed by atoms with Crippen LogP contribution in [-0.2, 0) is 10.1 Å². The third-order valence-electron chi connectivity index (χ3n) is 3.18. The third-order valence-corrected chi connectivity index (χ3v) is 3.78. The summed E-state index contributed by atoms with van der Waals surface area (Å²) in [6.45, 7) is 4.68. The molecule has 0 aromatic heterocycles. The van der Waals surface area contributed by atoms with Crippen LogP contribution in [-0.4, -0.2) is 19.8 Å². The number of halogens is 1. The Morgan fingerprint density at radius 1 is 1.35 bits per heavy atom. The second kappa shape index (κ2) is 6.41. The molecule has 1 aliphatic rings. The summed E-state index contributed by atoms with van der Waals surface area (Å²) in [6, 6.07) is 6.35. The van der Waals surface area contributed by atoms with E-state index in [2.05, 4.69) is 41.1 Å². The van der Waals surface area contributed by atoms with Crippen LogP contribution in [0, 0.1) is 12.8 Å². The second-order valence-electron chi connectivity index (χ2n) is 4.61. The Kier molecular flexibility index (Phi) is 4.86. The van der Waals surface area contributed by atoms with Gasteiger partial charge in [-0.3, -0.25) is 0 Å². The summed E-state index contributed by atoms with van der Waals surface area (Å²) in [5.41, 5.74) is 2.51. The molecule has 1 fully saturated rings. The first-order valence-corrected chi connectivity index (χ1v) is 7.28. The van der Waals surface area contributed by atoms with E-state index < -0.39 is 0 Å². The van der Waals surface area contributed by atoms with E-state index in [4.69, 9.17) is 9.47 Å². The average molecular weight is 299 g/mol. The standard InChI is InChI=1S/C14H19BrO2/c1-11-2-3-14(13(8-11)9-15)17-10-12-4-6-16-7-5-12/h2-3,8,12H,4-7,9-10H2,1H3. The molecule has 2 rings (SSSR count). The number of hydrogen-bond donors (Lipinski definition) is 0. The molecule has 0 unspecified atom stereocenters. The first kappa shape index (κ1) is 12.9. The van der Waals surface area contributed by atoms with Gasteiger partial charge in [0.25, 0.3) is 0 Å². The molecule has 0 atom stereocenters. The van der Waals surface area contributed by atoms with Crippen molar-refractivity contribution in [2.45, 2.75) is 25.1 Å². The lowest BCUT2D eigenvalue weighted by molar-refractivity contribution is 0.0496. The SMILES string of the molecule is Cc1ccc(OCC2CCOCC2)c(CBr)c1. The summed E-state index contributed by atoms with van der Waals surface area (Å²) in [5, 5.41) is 0.845. The van der Waals surface area contributed by atoms with Crippen LogP contribution in [0.3, 0.4) is 0 Å². The van der Waals surface area contributed by atoms with Crippen LogP contribution in [0.25, 0.3) is 0 Å². The Labute approximate surface area is 111 Å². The van der Waals surface area contributed by atoms with Crippen LogP contribution in [0.1, 0.15) is 24.0 Å². The number of alkyl halides is 1. The van der Waals surface area contributed by atoms with Crippen molar-refractivity contribution in [1.29, 1.82) is 0 Å². The zero-order valence-electron chi connectivity index (χ0n) is 10.2. The van der Waals surface area contributed by atoms with E-state index in [0.29, 0.717) is 5.92 Å². The van der Waals surface area contributed by atoms with E-state index in [1.165, 1.54) is 11.1 Å². The summed E-state index contributed by atoms with van der Waals surface area (Å²) in [5.74, 6) is 1.66. The fraction of sp³-hybridized carbons (Fsp3) is 0.571. The lowest BCUT2D eigenvalue weighted by atomic mass is 10.0. The largest absolute Gasteiger partial charge is 0.493 e. The maximum absolute atomic E-state index is 5.94. The summed E-state index contributed by atoms with van der Waals surface area (Å²) in [7, 11) is 0. The minimum Gasteiger partial charge on any atom is -0.493 e. The monoisotopic (exact) mass is 298 g/mol. The molecule has 0 amide bonds. The van der Waals surface area contributed by atoms with E-state index >= 15 is 0 Å². The number of ether oxygens (including phenoxy) is 2. The Morgan fingerprint density at radius 2 is 2.12 bits per heavy atom. The summed E-state index contributed by atoms with van der Waals surface area (Å²) < 4.78 is 11.3. The van der Waals surface area contributed by atoms with Crippen molar-refractivity contribution in [3.63, 3.8) is 0 Å². The van der Waals surface area contributed by atoms with E-state index in [1.54, 1.807) is 0 Å². The highest BCUT2D eigenvalue weighted by molar-refractivity contribution is 9.08. The summed E-state index contributed by atoms with van der Waals surface area (Å²) in [6.07, 6.45) is 2.24. The zero-order valence-corrected chi connectivity index (χ0v) is 11.8. The van der Waals surface area contributed by atoms with Crippen LogP contribution in [0.15, 0.2) is 18.2 Å². The Hall–Kier alpha value is -0.540. The minimum atomic E-state index is 0.647. The quantitative estimate of drug-likeness (QED) is 0.789. The van der Waals surface area contributed by atoms with E-state index in [0.717, 1.165) is 43.7 Å². The molecule has 3 heteroatoms. The maximum Gasteiger partial charge on any atom is 0.123 e. The number of benzene rings is 1. The summed E-state index contributed by atoms with van der Waals surface area (Å²) >= 11 is 3.51. The topological polar surface area (TPSA) is 18.5 Å². The molecule has 0 N–H and O–H groups in total. The van der Waals surface area contributed by atoms with Crippen molar-refractivity contribution >= 4 is 15.9 Å². The van der Waals surface area contributed by atoms with Crippen molar-refractivity contribution < 1.29 is 9.47 Å². The molecule has 1 aliphatic heterocycles. The van der Waals surface area contributed by atoms with Gasteiger partial charge in [-0.1, -0.05) is 33.6 Å². The molecule has 0 aliphatic carbocycles. The average Bonchev–Trinajstić information content (AvgIpc) is 2.38. The van der Waals surface area contributed by atoms with E-state index in [1.807, 2.05) is 0 Å². The van der Waals surface area contributed by atoms with Crippen LogP contribution in [0.4, 0.5) is 0 Å². The van der Waals surface area contributed by atoms with Gasteiger partial charge in [-0.2, -0.15) is 0 Å². The molecule has 1 heterocycles. The molecule has 1 saturated heterocycles. The molecule has 1 aromatic rings. The molecule has 1 aromatic carbocycles.